The second kappa shape index (κ2) is 5.71. The molecule has 0 aromatic heterocycles. The van der Waals surface area contributed by atoms with Crippen molar-refractivity contribution in [3.05, 3.63) is 68.7 Å². The van der Waals surface area contributed by atoms with Crippen LogP contribution in [0.4, 0.5) is 0 Å². The number of carbonyl (C=O) groups is 1. The molecule has 0 saturated heterocycles. The van der Waals surface area contributed by atoms with E-state index in [2.05, 4.69) is 28.1 Å². The predicted molar refractivity (Wildman–Crippen MR) is 85.6 cm³/mol. The molecule has 0 amide bonds. The summed E-state index contributed by atoms with van der Waals surface area (Å²) in [5.74, 6) is 0.728. The molecular formula is C17H14BrClO. The van der Waals surface area contributed by atoms with Crippen molar-refractivity contribution >= 4 is 33.3 Å². The highest BCUT2D eigenvalue weighted by atomic mass is 79.9. The summed E-state index contributed by atoms with van der Waals surface area (Å²) in [6, 6.07) is 13.3. The van der Waals surface area contributed by atoms with Crippen LogP contribution in [0.15, 0.2) is 46.9 Å². The van der Waals surface area contributed by atoms with Crippen LogP contribution in [0.2, 0.25) is 5.02 Å². The normalized spacial score (nSPS) is 14.9. The van der Waals surface area contributed by atoms with Crippen LogP contribution in [-0.4, -0.2) is 5.78 Å². The van der Waals surface area contributed by atoms with E-state index in [0.29, 0.717) is 16.5 Å². The molecule has 1 nitrogen and oxygen atoms in total. The summed E-state index contributed by atoms with van der Waals surface area (Å²) in [5, 5.41) is 0.613. The zero-order valence-corrected chi connectivity index (χ0v) is 13.2. The Balaban J connectivity index is 1.84. The van der Waals surface area contributed by atoms with E-state index in [-0.39, 0.29) is 5.78 Å². The monoisotopic (exact) mass is 348 g/mol. The fraction of sp³-hybridized carbons (Fsp3) is 0.235. The van der Waals surface area contributed by atoms with Crippen LogP contribution < -0.4 is 0 Å². The van der Waals surface area contributed by atoms with Crippen LogP contribution >= 0.6 is 27.5 Å². The zero-order valence-electron chi connectivity index (χ0n) is 10.9. The largest absolute Gasteiger partial charge is 0.289 e. The molecule has 1 saturated carbocycles. The van der Waals surface area contributed by atoms with Gasteiger partial charge in [-0.1, -0.05) is 42.3 Å². The van der Waals surface area contributed by atoms with E-state index in [9.17, 15) is 4.79 Å². The van der Waals surface area contributed by atoms with Gasteiger partial charge in [-0.25, -0.2) is 0 Å². The SMILES string of the molecule is O=C(c1ccc(C2CCC2)cc1)c1ccc(Cl)c(Br)c1. The topological polar surface area (TPSA) is 17.1 Å². The van der Waals surface area contributed by atoms with Crippen molar-refractivity contribution in [2.75, 3.05) is 0 Å². The lowest BCUT2D eigenvalue weighted by Crippen LogP contribution is -2.09. The first-order valence-corrected chi connectivity index (χ1v) is 7.92. The molecular weight excluding hydrogens is 336 g/mol. The quantitative estimate of drug-likeness (QED) is 0.659. The Morgan fingerprint density at radius 2 is 1.70 bits per heavy atom. The molecule has 0 atom stereocenters. The molecule has 0 heterocycles. The minimum absolute atomic E-state index is 0.0301. The van der Waals surface area contributed by atoms with Crippen molar-refractivity contribution < 1.29 is 4.79 Å². The van der Waals surface area contributed by atoms with Gasteiger partial charge in [-0.05, 0) is 58.5 Å². The molecule has 1 aliphatic rings. The Kier molecular flexibility index (Phi) is 3.95. The minimum Gasteiger partial charge on any atom is -0.289 e. The second-order valence-electron chi connectivity index (χ2n) is 5.21. The number of benzene rings is 2. The van der Waals surface area contributed by atoms with Gasteiger partial charge in [-0.15, -0.1) is 0 Å². The van der Waals surface area contributed by atoms with Crippen LogP contribution in [-0.2, 0) is 0 Å². The molecule has 0 radical (unpaired) electrons. The van der Waals surface area contributed by atoms with E-state index in [1.54, 1.807) is 18.2 Å². The van der Waals surface area contributed by atoms with Crippen LogP contribution in [0.25, 0.3) is 0 Å². The van der Waals surface area contributed by atoms with Crippen molar-refractivity contribution in [1.29, 1.82) is 0 Å². The average Bonchev–Trinajstić information content (AvgIpc) is 2.40. The van der Waals surface area contributed by atoms with Gasteiger partial charge in [-0.2, -0.15) is 0 Å². The Hall–Kier alpha value is -1.12. The van der Waals surface area contributed by atoms with Crippen molar-refractivity contribution in [1.82, 2.24) is 0 Å². The summed E-state index contributed by atoms with van der Waals surface area (Å²) >= 11 is 9.30. The molecule has 0 N–H and O–H groups in total. The predicted octanol–water partition coefficient (Wildman–Crippen LogP) is 5.60. The summed E-state index contributed by atoms with van der Waals surface area (Å²) in [4.78, 5) is 12.4. The van der Waals surface area contributed by atoms with Crippen LogP contribution in [0.5, 0.6) is 0 Å². The minimum atomic E-state index is 0.0301. The van der Waals surface area contributed by atoms with E-state index in [0.717, 1.165) is 10.0 Å². The summed E-state index contributed by atoms with van der Waals surface area (Å²) in [6.07, 6.45) is 3.87. The smallest absolute Gasteiger partial charge is 0.193 e. The van der Waals surface area contributed by atoms with Crippen molar-refractivity contribution in [2.24, 2.45) is 0 Å². The number of ketones is 1. The van der Waals surface area contributed by atoms with Gasteiger partial charge in [0.05, 0.1) is 5.02 Å². The average molecular weight is 350 g/mol. The van der Waals surface area contributed by atoms with Crippen molar-refractivity contribution in [3.8, 4) is 0 Å². The lowest BCUT2D eigenvalue weighted by Gasteiger charge is -2.25. The maximum Gasteiger partial charge on any atom is 0.193 e. The summed E-state index contributed by atoms with van der Waals surface area (Å²) in [6.45, 7) is 0. The standard InChI is InChI=1S/C17H14BrClO/c18-15-10-14(8-9-16(15)19)17(20)13-6-4-12(5-7-13)11-2-1-3-11/h4-11H,1-3H2. The molecule has 3 heteroatoms. The van der Waals surface area contributed by atoms with Crippen molar-refractivity contribution in [3.63, 3.8) is 0 Å². The van der Waals surface area contributed by atoms with Gasteiger partial charge in [-0.3, -0.25) is 4.79 Å². The highest BCUT2D eigenvalue weighted by molar-refractivity contribution is 9.10. The van der Waals surface area contributed by atoms with Gasteiger partial charge < -0.3 is 0 Å². The van der Waals surface area contributed by atoms with Crippen LogP contribution in [0.3, 0.4) is 0 Å². The number of halogens is 2. The molecule has 20 heavy (non-hydrogen) atoms. The first-order valence-electron chi connectivity index (χ1n) is 6.75. The molecule has 2 aromatic carbocycles. The Bertz CT molecular complexity index is 645. The first kappa shape index (κ1) is 13.8. The van der Waals surface area contributed by atoms with E-state index in [1.165, 1.54) is 24.8 Å². The summed E-state index contributed by atoms with van der Waals surface area (Å²) in [7, 11) is 0. The van der Waals surface area contributed by atoms with Gasteiger partial charge in [0.2, 0.25) is 0 Å². The number of rotatable bonds is 3. The molecule has 3 rings (SSSR count). The maximum atomic E-state index is 12.4. The van der Waals surface area contributed by atoms with Gasteiger partial charge in [0.1, 0.15) is 0 Å². The fourth-order valence-electron chi connectivity index (χ4n) is 2.45. The lowest BCUT2D eigenvalue weighted by molar-refractivity contribution is 0.103. The van der Waals surface area contributed by atoms with Gasteiger partial charge >= 0.3 is 0 Å². The fourth-order valence-corrected chi connectivity index (χ4v) is 2.95. The number of hydrogen-bond acceptors (Lipinski definition) is 1. The highest BCUT2D eigenvalue weighted by Gasteiger charge is 2.19. The van der Waals surface area contributed by atoms with Gasteiger partial charge in [0.15, 0.2) is 5.78 Å². The Morgan fingerprint density at radius 3 is 2.25 bits per heavy atom. The maximum absolute atomic E-state index is 12.4. The Labute approximate surface area is 132 Å². The molecule has 0 spiro atoms. The molecule has 2 aromatic rings. The Morgan fingerprint density at radius 1 is 1.05 bits per heavy atom. The summed E-state index contributed by atoms with van der Waals surface area (Å²) in [5.41, 5.74) is 2.73. The molecule has 0 aliphatic heterocycles. The van der Waals surface area contributed by atoms with Crippen LogP contribution in [0.1, 0.15) is 46.7 Å². The van der Waals surface area contributed by atoms with E-state index in [4.69, 9.17) is 11.6 Å². The number of hydrogen-bond donors (Lipinski definition) is 0. The molecule has 0 unspecified atom stereocenters. The molecule has 1 fully saturated rings. The third-order valence-electron chi connectivity index (χ3n) is 3.93. The highest BCUT2D eigenvalue weighted by Crippen LogP contribution is 2.36. The second-order valence-corrected chi connectivity index (χ2v) is 6.47. The van der Waals surface area contributed by atoms with E-state index in [1.807, 2.05) is 12.1 Å². The van der Waals surface area contributed by atoms with Gasteiger partial charge in [0, 0.05) is 15.6 Å². The third kappa shape index (κ3) is 2.68. The zero-order chi connectivity index (χ0) is 14.1. The lowest BCUT2D eigenvalue weighted by atomic mass is 9.80. The molecule has 0 bridgehead atoms. The van der Waals surface area contributed by atoms with E-state index < -0.39 is 0 Å². The first-order chi connectivity index (χ1) is 9.65. The molecule has 102 valence electrons. The molecule has 1 aliphatic carbocycles. The number of carbonyl (C=O) groups excluding carboxylic acids is 1. The van der Waals surface area contributed by atoms with Crippen LogP contribution in [0, 0.1) is 0 Å². The van der Waals surface area contributed by atoms with Gasteiger partial charge in [0.25, 0.3) is 0 Å². The summed E-state index contributed by atoms with van der Waals surface area (Å²) < 4.78 is 0.746. The van der Waals surface area contributed by atoms with E-state index >= 15 is 0 Å². The third-order valence-corrected chi connectivity index (χ3v) is 5.15. The van der Waals surface area contributed by atoms with Crippen molar-refractivity contribution in [2.45, 2.75) is 25.2 Å².